The number of allylic oxidation sites excluding steroid dienone is 1. The van der Waals surface area contributed by atoms with Crippen molar-refractivity contribution in [1.82, 2.24) is 9.97 Å². The zero-order valence-electron chi connectivity index (χ0n) is 15.7. The van der Waals surface area contributed by atoms with Crippen LogP contribution in [0.2, 0.25) is 0 Å². The molecule has 1 aromatic heterocycles. The summed E-state index contributed by atoms with van der Waals surface area (Å²) in [6.45, 7) is 5.27. The van der Waals surface area contributed by atoms with Gasteiger partial charge in [-0.15, -0.1) is 0 Å². The number of nitrogens with one attached hydrogen (secondary N) is 1. The zero-order valence-corrected chi connectivity index (χ0v) is 15.7. The Morgan fingerprint density at radius 2 is 2.00 bits per heavy atom. The van der Waals surface area contributed by atoms with Gasteiger partial charge in [0.25, 0.3) is 0 Å². The lowest BCUT2D eigenvalue weighted by atomic mass is 10.1. The monoisotopic (exact) mass is 361 g/mol. The van der Waals surface area contributed by atoms with Crippen LogP contribution in [0.5, 0.6) is 11.5 Å². The van der Waals surface area contributed by atoms with E-state index >= 15 is 0 Å². The van der Waals surface area contributed by atoms with Crippen LogP contribution in [0.3, 0.4) is 0 Å². The summed E-state index contributed by atoms with van der Waals surface area (Å²) in [5.41, 5.74) is 3.07. The van der Waals surface area contributed by atoms with Gasteiger partial charge in [0.15, 0.2) is 11.5 Å². The van der Waals surface area contributed by atoms with E-state index in [1.165, 1.54) is 0 Å². The van der Waals surface area contributed by atoms with E-state index in [1.807, 2.05) is 49.4 Å². The van der Waals surface area contributed by atoms with Crippen LogP contribution in [0, 0.1) is 11.3 Å². The second-order valence-electron chi connectivity index (χ2n) is 6.11. The fourth-order valence-corrected chi connectivity index (χ4v) is 2.73. The number of hydrogen-bond acceptors (Lipinski definition) is 4. The van der Waals surface area contributed by atoms with Crippen molar-refractivity contribution < 1.29 is 9.47 Å². The molecular formula is C22H23N3O2. The number of benzene rings is 2. The number of hydrogen-bond donors (Lipinski definition) is 1. The maximum absolute atomic E-state index is 9.60. The number of nitrogens with zero attached hydrogens (tertiary/aromatic N) is 2. The smallest absolute Gasteiger partial charge is 0.161 e. The second-order valence-corrected chi connectivity index (χ2v) is 6.11. The van der Waals surface area contributed by atoms with Gasteiger partial charge in [-0.2, -0.15) is 5.26 Å². The lowest BCUT2D eigenvalue weighted by Gasteiger charge is -2.12. The maximum atomic E-state index is 9.60. The molecule has 5 nitrogen and oxygen atoms in total. The van der Waals surface area contributed by atoms with E-state index in [0.717, 1.165) is 35.2 Å². The Bertz CT molecular complexity index is 950. The van der Waals surface area contributed by atoms with Crippen molar-refractivity contribution >= 4 is 22.7 Å². The van der Waals surface area contributed by atoms with Crippen LogP contribution in [0.25, 0.3) is 22.7 Å². The topological polar surface area (TPSA) is 70.9 Å². The van der Waals surface area contributed by atoms with Crippen molar-refractivity contribution in [2.45, 2.75) is 26.7 Å². The summed E-state index contributed by atoms with van der Waals surface area (Å²) in [5, 5.41) is 9.60. The first-order chi connectivity index (χ1) is 13.2. The number of fused-ring (bicyclic) bond motifs is 1. The molecule has 0 atom stereocenters. The van der Waals surface area contributed by atoms with Gasteiger partial charge in [0.1, 0.15) is 11.9 Å². The average Bonchev–Trinajstić information content (AvgIpc) is 3.12. The Labute approximate surface area is 159 Å². The van der Waals surface area contributed by atoms with E-state index in [-0.39, 0.29) is 0 Å². The molecule has 1 N–H and O–H groups in total. The summed E-state index contributed by atoms with van der Waals surface area (Å²) < 4.78 is 11.5. The third-order valence-corrected chi connectivity index (χ3v) is 4.10. The molecule has 27 heavy (non-hydrogen) atoms. The largest absolute Gasteiger partial charge is 0.490 e. The van der Waals surface area contributed by atoms with Crippen LogP contribution >= 0.6 is 0 Å². The van der Waals surface area contributed by atoms with Crippen LogP contribution in [0.15, 0.2) is 42.5 Å². The zero-order chi connectivity index (χ0) is 19.1. The molecule has 0 fully saturated rings. The van der Waals surface area contributed by atoms with Crippen LogP contribution in [0.1, 0.15) is 38.1 Å². The summed E-state index contributed by atoms with van der Waals surface area (Å²) in [6, 6.07) is 15.7. The third kappa shape index (κ3) is 4.48. The molecule has 0 saturated heterocycles. The highest BCUT2D eigenvalue weighted by molar-refractivity contribution is 5.90. The van der Waals surface area contributed by atoms with Gasteiger partial charge in [0.05, 0.1) is 29.8 Å². The molecule has 0 unspecified atom stereocenters. The number of unbranched alkanes of at least 4 members (excludes halogenated alkanes) is 1. The van der Waals surface area contributed by atoms with Gasteiger partial charge in [-0.25, -0.2) is 4.98 Å². The fourth-order valence-electron chi connectivity index (χ4n) is 2.73. The molecule has 5 heteroatoms. The summed E-state index contributed by atoms with van der Waals surface area (Å²) in [4.78, 5) is 7.70. The molecule has 0 aliphatic heterocycles. The Kier molecular flexibility index (Phi) is 6.11. The quantitative estimate of drug-likeness (QED) is 0.442. The lowest BCUT2D eigenvalue weighted by Crippen LogP contribution is -2.00. The van der Waals surface area contributed by atoms with E-state index in [2.05, 4.69) is 23.0 Å². The number of ether oxygens (including phenoxy) is 2. The standard InChI is InChI=1S/C22H23N3O2/c1-3-5-12-27-20-11-10-16(14-21(20)26-4-2)13-17(15-23)22-24-18-8-6-7-9-19(18)25-22/h6-11,13-14H,3-5,12H2,1-2H3,(H,24,25). The first kappa shape index (κ1) is 18.5. The van der Waals surface area contributed by atoms with Gasteiger partial charge >= 0.3 is 0 Å². The minimum absolute atomic E-state index is 0.466. The molecule has 3 rings (SSSR count). The molecule has 0 amide bonds. The van der Waals surface area contributed by atoms with Gasteiger partial charge in [0, 0.05) is 0 Å². The Balaban J connectivity index is 1.91. The molecular weight excluding hydrogens is 338 g/mol. The molecule has 0 radical (unpaired) electrons. The molecule has 0 bridgehead atoms. The summed E-state index contributed by atoms with van der Waals surface area (Å²) >= 11 is 0. The second kappa shape index (κ2) is 8.91. The molecule has 0 aliphatic carbocycles. The Morgan fingerprint density at radius 3 is 2.74 bits per heavy atom. The highest BCUT2D eigenvalue weighted by atomic mass is 16.5. The van der Waals surface area contributed by atoms with E-state index < -0.39 is 0 Å². The first-order valence-corrected chi connectivity index (χ1v) is 9.21. The number of para-hydroxylation sites is 2. The van der Waals surface area contributed by atoms with Crippen molar-refractivity contribution in [1.29, 1.82) is 5.26 Å². The van der Waals surface area contributed by atoms with Gasteiger partial charge in [0.2, 0.25) is 0 Å². The lowest BCUT2D eigenvalue weighted by molar-refractivity contribution is 0.272. The Hall–Kier alpha value is -3.26. The predicted molar refractivity (Wildman–Crippen MR) is 108 cm³/mol. The maximum Gasteiger partial charge on any atom is 0.161 e. The fraction of sp³-hybridized carbons (Fsp3) is 0.273. The highest BCUT2D eigenvalue weighted by Gasteiger charge is 2.10. The number of aromatic amines is 1. The van der Waals surface area contributed by atoms with Gasteiger partial charge in [-0.05, 0) is 49.2 Å². The predicted octanol–water partition coefficient (Wildman–Crippen LogP) is 5.20. The van der Waals surface area contributed by atoms with Crippen molar-refractivity contribution in [3.63, 3.8) is 0 Å². The Morgan fingerprint density at radius 1 is 1.15 bits per heavy atom. The minimum Gasteiger partial charge on any atom is -0.490 e. The minimum atomic E-state index is 0.466. The van der Waals surface area contributed by atoms with E-state index in [0.29, 0.717) is 30.4 Å². The molecule has 1 heterocycles. The molecule has 0 spiro atoms. The highest BCUT2D eigenvalue weighted by Crippen LogP contribution is 2.30. The van der Waals surface area contributed by atoms with E-state index in [4.69, 9.17) is 9.47 Å². The number of aromatic nitrogens is 2. The van der Waals surface area contributed by atoms with Crippen LogP contribution in [-0.4, -0.2) is 23.2 Å². The normalized spacial score (nSPS) is 11.4. The molecule has 2 aromatic carbocycles. The van der Waals surface area contributed by atoms with Crippen LogP contribution < -0.4 is 9.47 Å². The van der Waals surface area contributed by atoms with Gasteiger partial charge in [-0.3, -0.25) is 0 Å². The third-order valence-electron chi connectivity index (χ3n) is 4.10. The van der Waals surface area contributed by atoms with Crippen molar-refractivity contribution in [3.8, 4) is 17.6 Å². The van der Waals surface area contributed by atoms with E-state index in [9.17, 15) is 5.26 Å². The van der Waals surface area contributed by atoms with Crippen molar-refractivity contribution in [3.05, 3.63) is 53.9 Å². The average molecular weight is 361 g/mol. The number of H-pyrrole nitrogens is 1. The first-order valence-electron chi connectivity index (χ1n) is 9.21. The molecule has 138 valence electrons. The van der Waals surface area contributed by atoms with Crippen LogP contribution in [-0.2, 0) is 0 Å². The van der Waals surface area contributed by atoms with Crippen molar-refractivity contribution in [2.24, 2.45) is 0 Å². The summed E-state index contributed by atoms with van der Waals surface area (Å²) in [6.07, 6.45) is 3.88. The number of imidazole rings is 1. The molecule has 0 aliphatic rings. The number of nitriles is 1. The van der Waals surface area contributed by atoms with Gasteiger partial charge in [-0.1, -0.05) is 31.5 Å². The van der Waals surface area contributed by atoms with Gasteiger partial charge < -0.3 is 14.5 Å². The molecule has 0 saturated carbocycles. The number of rotatable bonds is 8. The molecule has 3 aromatic rings. The van der Waals surface area contributed by atoms with Crippen molar-refractivity contribution in [2.75, 3.05) is 13.2 Å². The SMILES string of the molecule is CCCCOc1ccc(C=C(C#N)c2nc3ccccc3[nH]2)cc1OCC. The van der Waals surface area contributed by atoms with Crippen LogP contribution in [0.4, 0.5) is 0 Å². The summed E-state index contributed by atoms with van der Waals surface area (Å²) in [7, 11) is 0. The van der Waals surface area contributed by atoms with E-state index in [1.54, 1.807) is 6.08 Å². The summed E-state index contributed by atoms with van der Waals surface area (Å²) in [5.74, 6) is 1.97.